The molecule has 0 atom stereocenters. The number of nitrogens with one attached hydrogen (secondary N) is 1. The van der Waals surface area contributed by atoms with Crippen LogP contribution in [0.15, 0.2) is 22.7 Å². The summed E-state index contributed by atoms with van der Waals surface area (Å²) < 4.78 is 0.742. The molecule has 1 amide bonds. The van der Waals surface area contributed by atoms with E-state index in [4.69, 9.17) is 5.26 Å². The highest BCUT2D eigenvalue weighted by Gasteiger charge is 2.17. The Hall–Kier alpha value is -1.34. The number of nitriles is 1. The highest BCUT2D eigenvalue weighted by molar-refractivity contribution is 9.10. The molecule has 0 fully saturated rings. The number of carbonyl (C=O) groups excluding carboxylic acids is 1. The molecular weight excluding hydrogens is 304 g/mol. The van der Waals surface area contributed by atoms with Crippen LogP contribution in [0, 0.1) is 17.2 Å². The van der Waals surface area contributed by atoms with Crippen molar-refractivity contribution >= 4 is 27.5 Å². The molecule has 1 aromatic carbocycles. The summed E-state index contributed by atoms with van der Waals surface area (Å²) in [5.41, 5.74) is 1.30. The molecular formula is C15H19BrN2O. The van der Waals surface area contributed by atoms with Gasteiger partial charge < -0.3 is 5.32 Å². The molecule has 0 spiro atoms. The summed E-state index contributed by atoms with van der Waals surface area (Å²) in [6.45, 7) is 4.18. The largest absolute Gasteiger partial charge is 0.325 e. The lowest BCUT2D eigenvalue weighted by molar-refractivity contribution is -0.120. The highest BCUT2D eigenvalue weighted by Crippen LogP contribution is 2.25. The first-order valence-electron chi connectivity index (χ1n) is 6.62. The fourth-order valence-electron chi connectivity index (χ4n) is 2.02. The van der Waals surface area contributed by atoms with Gasteiger partial charge in [-0.25, -0.2) is 0 Å². The van der Waals surface area contributed by atoms with Gasteiger partial charge in [-0.05, 0) is 47.0 Å². The van der Waals surface area contributed by atoms with Gasteiger partial charge in [-0.3, -0.25) is 4.79 Å². The number of carbonyl (C=O) groups is 1. The van der Waals surface area contributed by atoms with Gasteiger partial charge in [-0.1, -0.05) is 26.7 Å². The number of benzene rings is 1. The Kier molecular flexibility index (Phi) is 6.58. The molecule has 0 saturated heterocycles. The Morgan fingerprint density at radius 3 is 2.47 bits per heavy atom. The predicted molar refractivity (Wildman–Crippen MR) is 80.8 cm³/mol. The Balaban J connectivity index is 2.78. The van der Waals surface area contributed by atoms with Gasteiger partial charge in [0.25, 0.3) is 0 Å². The molecule has 102 valence electrons. The average Bonchev–Trinajstić information content (AvgIpc) is 2.40. The van der Waals surface area contributed by atoms with Crippen LogP contribution in [-0.4, -0.2) is 5.91 Å². The van der Waals surface area contributed by atoms with E-state index >= 15 is 0 Å². The molecule has 0 aliphatic rings. The summed E-state index contributed by atoms with van der Waals surface area (Å²) in [6, 6.07) is 7.24. The maximum absolute atomic E-state index is 12.2. The van der Waals surface area contributed by atoms with Crippen LogP contribution in [0.3, 0.4) is 0 Å². The second-order valence-corrected chi connectivity index (χ2v) is 5.42. The SMILES string of the molecule is CCCC(CCC)C(=O)Nc1ccc(C#N)cc1Br. The van der Waals surface area contributed by atoms with Crippen molar-refractivity contribution in [3.8, 4) is 6.07 Å². The van der Waals surface area contributed by atoms with Crippen molar-refractivity contribution in [2.45, 2.75) is 39.5 Å². The quantitative estimate of drug-likeness (QED) is 0.839. The van der Waals surface area contributed by atoms with Crippen molar-refractivity contribution in [2.75, 3.05) is 5.32 Å². The van der Waals surface area contributed by atoms with Crippen LogP contribution in [0.25, 0.3) is 0 Å². The number of hydrogen-bond acceptors (Lipinski definition) is 2. The molecule has 0 aromatic heterocycles. The molecule has 0 aliphatic heterocycles. The van der Waals surface area contributed by atoms with E-state index in [-0.39, 0.29) is 11.8 Å². The molecule has 0 aliphatic carbocycles. The Morgan fingerprint density at radius 2 is 2.00 bits per heavy atom. The Morgan fingerprint density at radius 1 is 1.37 bits per heavy atom. The molecule has 4 heteroatoms. The van der Waals surface area contributed by atoms with Crippen molar-refractivity contribution in [3.63, 3.8) is 0 Å². The molecule has 1 N–H and O–H groups in total. The van der Waals surface area contributed by atoms with E-state index < -0.39 is 0 Å². The van der Waals surface area contributed by atoms with Crippen molar-refractivity contribution in [1.29, 1.82) is 5.26 Å². The molecule has 1 rings (SSSR count). The monoisotopic (exact) mass is 322 g/mol. The molecule has 0 radical (unpaired) electrons. The van der Waals surface area contributed by atoms with Crippen LogP contribution in [0.4, 0.5) is 5.69 Å². The molecule has 1 aromatic rings. The summed E-state index contributed by atoms with van der Waals surface area (Å²) in [7, 11) is 0. The van der Waals surface area contributed by atoms with Crippen molar-refractivity contribution in [1.82, 2.24) is 0 Å². The zero-order chi connectivity index (χ0) is 14.3. The van der Waals surface area contributed by atoms with Gasteiger partial charge >= 0.3 is 0 Å². The average molecular weight is 323 g/mol. The fraction of sp³-hybridized carbons (Fsp3) is 0.467. The van der Waals surface area contributed by atoms with E-state index in [9.17, 15) is 4.79 Å². The zero-order valence-corrected chi connectivity index (χ0v) is 13.0. The number of hydrogen-bond donors (Lipinski definition) is 1. The first-order chi connectivity index (χ1) is 9.12. The lowest BCUT2D eigenvalue weighted by Crippen LogP contribution is -2.22. The fourth-order valence-corrected chi connectivity index (χ4v) is 2.50. The van der Waals surface area contributed by atoms with E-state index in [0.717, 1.165) is 35.8 Å². The smallest absolute Gasteiger partial charge is 0.227 e. The van der Waals surface area contributed by atoms with Gasteiger partial charge in [-0.2, -0.15) is 5.26 Å². The lowest BCUT2D eigenvalue weighted by Gasteiger charge is -2.16. The number of halogens is 1. The summed E-state index contributed by atoms with van der Waals surface area (Å²) >= 11 is 3.38. The van der Waals surface area contributed by atoms with Gasteiger partial charge in [0.2, 0.25) is 5.91 Å². The molecule has 0 unspecified atom stereocenters. The Bertz CT molecular complexity index is 474. The summed E-state index contributed by atoms with van der Waals surface area (Å²) in [5, 5.41) is 11.7. The highest BCUT2D eigenvalue weighted by atomic mass is 79.9. The third-order valence-corrected chi connectivity index (χ3v) is 3.66. The first kappa shape index (κ1) is 15.7. The first-order valence-corrected chi connectivity index (χ1v) is 7.42. The van der Waals surface area contributed by atoms with Crippen molar-refractivity contribution in [3.05, 3.63) is 28.2 Å². The van der Waals surface area contributed by atoms with Gasteiger partial charge in [-0.15, -0.1) is 0 Å². The summed E-state index contributed by atoms with van der Waals surface area (Å²) in [5.74, 6) is 0.131. The minimum atomic E-state index is 0.0640. The van der Waals surface area contributed by atoms with Gasteiger partial charge in [0.1, 0.15) is 0 Å². The molecule has 19 heavy (non-hydrogen) atoms. The topological polar surface area (TPSA) is 52.9 Å². The maximum Gasteiger partial charge on any atom is 0.227 e. The maximum atomic E-state index is 12.2. The third kappa shape index (κ3) is 4.68. The second kappa shape index (κ2) is 7.96. The standard InChI is InChI=1S/C15H19BrN2O/c1-3-5-12(6-4-2)15(19)18-14-8-7-11(10-17)9-13(14)16/h7-9,12H,3-6H2,1-2H3,(H,18,19). The normalized spacial score (nSPS) is 10.3. The molecule has 0 heterocycles. The van der Waals surface area contributed by atoms with Crippen LogP contribution in [-0.2, 0) is 4.79 Å². The predicted octanol–water partition coefficient (Wildman–Crippen LogP) is 4.48. The van der Waals surface area contributed by atoms with Crippen LogP contribution in [0.5, 0.6) is 0 Å². The molecule has 0 bridgehead atoms. The van der Waals surface area contributed by atoms with Crippen molar-refractivity contribution in [2.24, 2.45) is 5.92 Å². The zero-order valence-electron chi connectivity index (χ0n) is 11.4. The summed E-state index contributed by atoms with van der Waals surface area (Å²) in [6.07, 6.45) is 3.83. The lowest BCUT2D eigenvalue weighted by atomic mass is 9.97. The van der Waals surface area contributed by atoms with Gasteiger partial charge in [0.15, 0.2) is 0 Å². The minimum Gasteiger partial charge on any atom is -0.325 e. The van der Waals surface area contributed by atoms with Gasteiger partial charge in [0.05, 0.1) is 17.3 Å². The minimum absolute atomic E-state index is 0.0640. The second-order valence-electron chi connectivity index (χ2n) is 4.57. The van der Waals surface area contributed by atoms with E-state index in [2.05, 4.69) is 41.2 Å². The van der Waals surface area contributed by atoms with Gasteiger partial charge in [0, 0.05) is 10.4 Å². The number of nitrogens with zero attached hydrogens (tertiary/aromatic N) is 1. The van der Waals surface area contributed by atoms with E-state index in [1.807, 2.05) is 0 Å². The van der Waals surface area contributed by atoms with E-state index in [1.54, 1.807) is 18.2 Å². The van der Waals surface area contributed by atoms with Crippen LogP contribution < -0.4 is 5.32 Å². The molecule has 0 saturated carbocycles. The molecule has 3 nitrogen and oxygen atoms in total. The summed E-state index contributed by atoms with van der Waals surface area (Å²) in [4.78, 5) is 12.2. The van der Waals surface area contributed by atoms with E-state index in [0.29, 0.717) is 5.56 Å². The van der Waals surface area contributed by atoms with Crippen LogP contribution in [0.2, 0.25) is 0 Å². The third-order valence-electron chi connectivity index (χ3n) is 3.00. The number of amides is 1. The number of anilines is 1. The number of rotatable bonds is 6. The van der Waals surface area contributed by atoms with E-state index in [1.165, 1.54) is 0 Å². The van der Waals surface area contributed by atoms with Crippen LogP contribution >= 0.6 is 15.9 Å². The van der Waals surface area contributed by atoms with Crippen molar-refractivity contribution < 1.29 is 4.79 Å². The van der Waals surface area contributed by atoms with Crippen LogP contribution in [0.1, 0.15) is 45.1 Å². The Labute approximate surface area is 123 Å².